The summed E-state index contributed by atoms with van der Waals surface area (Å²) < 4.78 is 30.2. The lowest BCUT2D eigenvalue weighted by Crippen LogP contribution is -2.19. The Morgan fingerprint density at radius 1 is 1.41 bits per heavy atom. The standard InChI is InChI=1S/C10H17N3O3S/c1-3-16-7-6-12-10-5-4-9(8-13-10)17(14,15)11-2/h4-5,8,11H,3,6-7H2,1-2H3,(H,12,13). The Hall–Kier alpha value is -1.18. The maximum atomic E-state index is 11.4. The van der Waals surface area contributed by atoms with Crippen molar-refractivity contribution >= 4 is 15.8 Å². The number of nitrogens with zero attached hydrogens (tertiary/aromatic N) is 1. The fraction of sp³-hybridized carbons (Fsp3) is 0.500. The van der Waals surface area contributed by atoms with Gasteiger partial charge in [0.25, 0.3) is 0 Å². The number of ether oxygens (including phenoxy) is 1. The molecular formula is C10H17N3O3S. The van der Waals surface area contributed by atoms with Gasteiger partial charge in [-0.25, -0.2) is 18.1 Å². The zero-order valence-corrected chi connectivity index (χ0v) is 10.8. The summed E-state index contributed by atoms with van der Waals surface area (Å²) in [7, 11) is -2.04. The average molecular weight is 259 g/mol. The molecule has 0 unspecified atom stereocenters. The Morgan fingerprint density at radius 2 is 2.18 bits per heavy atom. The SMILES string of the molecule is CCOCCNc1ccc(S(=O)(=O)NC)cn1. The molecule has 0 spiro atoms. The van der Waals surface area contributed by atoms with Crippen LogP contribution in [0.15, 0.2) is 23.2 Å². The van der Waals surface area contributed by atoms with E-state index in [0.29, 0.717) is 25.6 Å². The van der Waals surface area contributed by atoms with Crippen LogP contribution in [0, 0.1) is 0 Å². The fourth-order valence-electron chi connectivity index (χ4n) is 1.16. The summed E-state index contributed by atoms with van der Waals surface area (Å²) in [4.78, 5) is 4.15. The van der Waals surface area contributed by atoms with Gasteiger partial charge in [0.05, 0.1) is 6.61 Å². The number of rotatable bonds is 7. The number of sulfonamides is 1. The molecule has 0 fully saturated rings. The van der Waals surface area contributed by atoms with E-state index in [1.807, 2.05) is 6.92 Å². The number of anilines is 1. The van der Waals surface area contributed by atoms with Crippen molar-refractivity contribution in [3.8, 4) is 0 Å². The van der Waals surface area contributed by atoms with Crippen LogP contribution in [0.4, 0.5) is 5.82 Å². The molecule has 17 heavy (non-hydrogen) atoms. The molecule has 96 valence electrons. The molecule has 6 nitrogen and oxygen atoms in total. The van der Waals surface area contributed by atoms with E-state index < -0.39 is 10.0 Å². The first-order valence-electron chi connectivity index (χ1n) is 5.31. The van der Waals surface area contributed by atoms with Gasteiger partial charge in [0.1, 0.15) is 10.7 Å². The van der Waals surface area contributed by atoms with E-state index in [-0.39, 0.29) is 4.90 Å². The molecular weight excluding hydrogens is 242 g/mol. The number of pyridine rings is 1. The molecule has 1 aromatic heterocycles. The molecule has 0 aliphatic carbocycles. The normalized spacial score (nSPS) is 11.4. The zero-order valence-electron chi connectivity index (χ0n) is 9.93. The van der Waals surface area contributed by atoms with Gasteiger partial charge in [-0.1, -0.05) is 0 Å². The van der Waals surface area contributed by atoms with Crippen LogP contribution < -0.4 is 10.0 Å². The highest BCUT2D eigenvalue weighted by Gasteiger charge is 2.10. The van der Waals surface area contributed by atoms with E-state index in [1.54, 1.807) is 6.07 Å². The second-order valence-corrected chi connectivity index (χ2v) is 5.10. The number of hydrogen-bond donors (Lipinski definition) is 2. The highest BCUT2D eigenvalue weighted by Crippen LogP contribution is 2.09. The van der Waals surface area contributed by atoms with Gasteiger partial charge >= 0.3 is 0 Å². The van der Waals surface area contributed by atoms with Gasteiger partial charge in [-0.3, -0.25) is 0 Å². The number of aromatic nitrogens is 1. The molecule has 1 heterocycles. The van der Waals surface area contributed by atoms with Crippen molar-refractivity contribution in [1.82, 2.24) is 9.71 Å². The minimum absolute atomic E-state index is 0.148. The Balaban J connectivity index is 2.57. The zero-order chi connectivity index (χ0) is 12.7. The van der Waals surface area contributed by atoms with E-state index in [9.17, 15) is 8.42 Å². The van der Waals surface area contributed by atoms with Crippen LogP contribution in [0.25, 0.3) is 0 Å². The lowest BCUT2D eigenvalue weighted by Gasteiger charge is -2.06. The second kappa shape index (κ2) is 6.53. The smallest absolute Gasteiger partial charge is 0.241 e. The van der Waals surface area contributed by atoms with Crippen molar-refractivity contribution in [1.29, 1.82) is 0 Å². The summed E-state index contributed by atoms with van der Waals surface area (Å²) in [5.74, 6) is 0.625. The predicted molar refractivity (Wildman–Crippen MR) is 65.5 cm³/mol. The third kappa shape index (κ3) is 4.29. The monoisotopic (exact) mass is 259 g/mol. The average Bonchev–Trinajstić information content (AvgIpc) is 2.35. The molecule has 0 bridgehead atoms. The van der Waals surface area contributed by atoms with Crippen LogP contribution in [0.5, 0.6) is 0 Å². The summed E-state index contributed by atoms with van der Waals surface area (Å²) in [5.41, 5.74) is 0. The summed E-state index contributed by atoms with van der Waals surface area (Å²) in [5, 5.41) is 3.02. The maximum absolute atomic E-state index is 11.4. The van der Waals surface area contributed by atoms with Crippen molar-refractivity contribution in [2.75, 3.05) is 32.1 Å². The molecule has 0 aromatic carbocycles. The summed E-state index contributed by atoms with van der Waals surface area (Å²) in [6.45, 7) is 3.83. The highest BCUT2D eigenvalue weighted by molar-refractivity contribution is 7.89. The molecule has 0 radical (unpaired) electrons. The molecule has 2 N–H and O–H groups in total. The van der Waals surface area contributed by atoms with Gasteiger partial charge in [-0.2, -0.15) is 0 Å². The van der Waals surface area contributed by atoms with Crippen LogP contribution in [-0.2, 0) is 14.8 Å². The molecule has 0 saturated carbocycles. The Morgan fingerprint density at radius 3 is 2.71 bits per heavy atom. The van der Waals surface area contributed by atoms with Gasteiger partial charge in [-0.15, -0.1) is 0 Å². The first kappa shape index (κ1) is 13.9. The number of nitrogens with one attached hydrogen (secondary N) is 2. The topological polar surface area (TPSA) is 80.3 Å². The van der Waals surface area contributed by atoms with Crippen LogP contribution in [-0.4, -0.2) is 40.2 Å². The maximum Gasteiger partial charge on any atom is 0.241 e. The summed E-state index contributed by atoms with van der Waals surface area (Å²) in [6.07, 6.45) is 1.31. The first-order valence-corrected chi connectivity index (χ1v) is 6.79. The quantitative estimate of drug-likeness (QED) is 0.694. The van der Waals surface area contributed by atoms with Gasteiger partial charge in [0.2, 0.25) is 10.0 Å². The van der Waals surface area contributed by atoms with Crippen molar-refractivity contribution in [2.45, 2.75) is 11.8 Å². The fourth-order valence-corrected chi connectivity index (χ4v) is 1.83. The van der Waals surface area contributed by atoms with Crippen molar-refractivity contribution < 1.29 is 13.2 Å². The Kier molecular flexibility index (Phi) is 5.33. The van der Waals surface area contributed by atoms with Gasteiger partial charge in [0.15, 0.2) is 0 Å². The Bertz CT molecular complexity index is 431. The van der Waals surface area contributed by atoms with E-state index in [4.69, 9.17) is 4.74 Å². The second-order valence-electron chi connectivity index (χ2n) is 3.21. The van der Waals surface area contributed by atoms with Crippen LogP contribution in [0.1, 0.15) is 6.92 Å². The van der Waals surface area contributed by atoms with Crippen LogP contribution in [0.2, 0.25) is 0 Å². The molecule has 0 aliphatic rings. The third-order valence-corrected chi connectivity index (χ3v) is 3.47. The first-order chi connectivity index (χ1) is 8.10. The van der Waals surface area contributed by atoms with Crippen molar-refractivity contribution in [3.63, 3.8) is 0 Å². The van der Waals surface area contributed by atoms with E-state index in [0.717, 1.165) is 0 Å². The van der Waals surface area contributed by atoms with Gasteiger partial charge < -0.3 is 10.1 Å². The van der Waals surface area contributed by atoms with Gasteiger partial charge in [-0.05, 0) is 26.1 Å². The van der Waals surface area contributed by atoms with Crippen LogP contribution in [0.3, 0.4) is 0 Å². The van der Waals surface area contributed by atoms with Crippen molar-refractivity contribution in [2.24, 2.45) is 0 Å². The van der Waals surface area contributed by atoms with E-state index >= 15 is 0 Å². The molecule has 1 rings (SSSR count). The van der Waals surface area contributed by atoms with Gasteiger partial charge in [0, 0.05) is 19.3 Å². The highest BCUT2D eigenvalue weighted by atomic mass is 32.2. The summed E-state index contributed by atoms with van der Waals surface area (Å²) in [6, 6.07) is 3.12. The largest absolute Gasteiger partial charge is 0.380 e. The minimum atomic E-state index is -3.41. The van der Waals surface area contributed by atoms with E-state index in [2.05, 4.69) is 15.0 Å². The molecule has 0 atom stereocenters. The lowest BCUT2D eigenvalue weighted by molar-refractivity contribution is 0.158. The lowest BCUT2D eigenvalue weighted by atomic mass is 10.4. The van der Waals surface area contributed by atoms with Crippen molar-refractivity contribution in [3.05, 3.63) is 18.3 Å². The van der Waals surface area contributed by atoms with E-state index in [1.165, 1.54) is 19.3 Å². The van der Waals surface area contributed by atoms with Crippen LogP contribution >= 0.6 is 0 Å². The molecule has 0 amide bonds. The predicted octanol–water partition coefficient (Wildman–Crippen LogP) is 0.438. The number of hydrogen-bond acceptors (Lipinski definition) is 5. The molecule has 0 aliphatic heterocycles. The molecule has 7 heteroatoms. The molecule has 0 saturated heterocycles. The third-order valence-electron chi connectivity index (χ3n) is 2.07. The molecule has 1 aromatic rings. The Labute approximate surface area is 101 Å². The summed E-state index contributed by atoms with van der Waals surface area (Å²) >= 11 is 0. The minimum Gasteiger partial charge on any atom is -0.380 e.